The Morgan fingerprint density at radius 1 is 0.741 bits per heavy atom. The first kappa shape index (κ1) is 24.5. The lowest BCUT2D eigenvalue weighted by atomic mass is 9.96. The Balaban J connectivity index is 2.13. The lowest BCUT2D eigenvalue weighted by Crippen LogP contribution is -2.37. The van der Waals surface area contributed by atoms with Gasteiger partial charge in [-0.25, -0.2) is 0 Å². The topological polar surface area (TPSA) is 44.6 Å². The minimum absolute atomic E-state index is 0.299. The molecule has 0 aliphatic heterocycles. The fourth-order valence-corrected chi connectivity index (χ4v) is 4.28. The molecule has 0 bridgehead atoms. The zero-order chi connectivity index (χ0) is 19.4. The third-order valence-electron chi connectivity index (χ3n) is 6.13. The van der Waals surface area contributed by atoms with Gasteiger partial charge in [0.1, 0.15) is 0 Å². The largest absolute Gasteiger partial charge is 0.411 e. The molecule has 0 spiro atoms. The highest BCUT2D eigenvalue weighted by molar-refractivity contribution is 5.89. The third kappa shape index (κ3) is 14.1. The van der Waals surface area contributed by atoms with E-state index in [1.54, 1.807) is 0 Å². The van der Waals surface area contributed by atoms with Gasteiger partial charge in [-0.15, -0.1) is 0 Å². The van der Waals surface area contributed by atoms with E-state index in [-0.39, 0.29) is 0 Å². The molecular weight excluding hydrogens is 332 g/mol. The summed E-state index contributed by atoms with van der Waals surface area (Å²) in [5, 5.41) is 16.9. The lowest BCUT2D eigenvalue weighted by molar-refractivity contribution is 0.312. The molecule has 0 aromatic carbocycles. The molecule has 2 N–H and O–H groups in total. The van der Waals surface area contributed by atoms with Gasteiger partial charge in [0.2, 0.25) is 0 Å². The van der Waals surface area contributed by atoms with Crippen LogP contribution in [-0.4, -0.2) is 23.5 Å². The Morgan fingerprint density at radius 3 is 1.85 bits per heavy atom. The van der Waals surface area contributed by atoms with Crippen molar-refractivity contribution in [2.75, 3.05) is 6.54 Å². The van der Waals surface area contributed by atoms with E-state index in [1.807, 2.05) is 0 Å². The molecule has 1 fully saturated rings. The normalized spacial score (nSPS) is 21.7. The van der Waals surface area contributed by atoms with E-state index in [0.29, 0.717) is 6.04 Å². The van der Waals surface area contributed by atoms with Gasteiger partial charge >= 0.3 is 0 Å². The monoisotopic (exact) mass is 380 g/mol. The van der Waals surface area contributed by atoms with Crippen LogP contribution >= 0.6 is 0 Å². The predicted octanol–water partition coefficient (Wildman–Crippen LogP) is 7.61. The van der Waals surface area contributed by atoms with Crippen molar-refractivity contribution in [2.24, 2.45) is 5.16 Å². The molecule has 1 atom stereocenters. The highest BCUT2D eigenvalue weighted by atomic mass is 16.4. The van der Waals surface area contributed by atoms with Gasteiger partial charge < -0.3 is 10.5 Å². The number of hydrogen-bond donors (Lipinski definition) is 2. The zero-order valence-electron chi connectivity index (χ0n) is 18.3. The maximum Gasteiger partial charge on any atom is 0.0739 e. The molecule has 160 valence electrons. The van der Waals surface area contributed by atoms with Gasteiger partial charge in [-0.3, -0.25) is 0 Å². The summed E-state index contributed by atoms with van der Waals surface area (Å²) in [6.45, 7) is 3.35. The summed E-state index contributed by atoms with van der Waals surface area (Å²) < 4.78 is 0. The summed E-state index contributed by atoms with van der Waals surface area (Å²) in [6.07, 6.45) is 26.5. The second-order valence-corrected chi connectivity index (χ2v) is 8.65. The molecule has 1 aliphatic carbocycles. The van der Waals surface area contributed by atoms with Crippen LogP contribution in [0.15, 0.2) is 5.16 Å². The van der Waals surface area contributed by atoms with Crippen LogP contribution in [0.2, 0.25) is 0 Å². The molecule has 0 saturated heterocycles. The van der Waals surface area contributed by atoms with Crippen molar-refractivity contribution in [3.8, 4) is 0 Å². The van der Waals surface area contributed by atoms with Gasteiger partial charge in [-0.05, 0) is 32.2 Å². The smallest absolute Gasteiger partial charge is 0.0739 e. The van der Waals surface area contributed by atoms with Gasteiger partial charge in [-0.2, -0.15) is 0 Å². The standard InChI is InChI=1S/C24H48N2O/c1-2-3-4-5-6-7-10-13-16-19-22-25-23-20-17-14-11-8-9-12-15-18-21-24(23)26-27/h23,25,27H,2-22H2,1H3. The van der Waals surface area contributed by atoms with Crippen LogP contribution in [0, 0.1) is 0 Å². The summed E-state index contributed by atoms with van der Waals surface area (Å²) in [5.74, 6) is 0. The van der Waals surface area contributed by atoms with Crippen molar-refractivity contribution in [1.29, 1.82) is 0 Å². The van der Waals surface area contributed by atoms with Gasteiger partial charge in [0.15, 0.2) is 0 Å². The average Bonchev–Trinajstić information content (AvgIpc) is 2.67. The van der Waals surface area contributed by atoms with Crippen LogP contribution in [0.3, 0.4) is 0 Å². The van der Waals surface area contributed by atoms with Crippen LogP contribution in [0.1, 0.15) is 135 Å². The van der Waals surface area contributed by atoms with Crippen molar-refractivity contribution in [3.63, 3.8) is 0 Å². The summed E-state index contributed by atoms with van der Waals surface area (Å²) >= 11 is 0. The fraction of sp³-hybridized carbons (Fsp3) is 0.958. The number of hydrogen-bond acceptors (Lipinski definition) is 3. The molecule has 27 heavy (non-hydrogen) atoms. The van der Waals surface area contributed by atoms with Gasteiger partial charge in [0.25, 0.3) is 0 Å². The average molecular weight is 381 g/mol. The Hall–Kier alpha value is -0.570. The summed E-state index contributed by atoms with van der Waals surface area (Å²) in [4.78, 5) is 0. The van der Waals surface area contributed by atoms with Crippen molar-refractivity contribution in [3.05, 3.63) is 0 Å². The van der Waals surface area contributed by atoms with E-state index < -0.39 is 0 Å². The number of oxime groups is 1. The minimum Gasteiger partial charge on any atom is -0.411 e. The molecule has 3 nitrogen and oxygen atoms in total. The van der Waals surface area contributed by atoms with Crippen molar-refractivity contribution >= 4 is 5.71 Å². The van der Waals surface area contributed by atoms with Crippen molar-refractivity contribution in [1.82, 2.24) is 5.32 Å². The van der Waals surface area contributed by atoms with Crippen molar-refractivity contribution < 1.29 is 5.21 Å². The molecule has 1 aliphatic rings. The summed E-state index contributed by atoms with van der Waals surface area (Å²) in [7, 11) is 0. The van der Waals surface area contributed by atoms with Crippen LogP contribution in [0.25, 0.3) is 0 Å². The second-order valence-electron chi connectivity index (χ2n) is 8.65. The Kier molecular flexibility index (Phi) is 17.0. The molecular formula is C24H48N2O. The molecule has 0 amide bonds. The summed E-state index contributed by atoms with van der Waals surface area (Å²) in [5.41, 5.74) is 1.00. The first-order valence-corrected chi connectivity index (χ1v) is 12.3. The van der Waals surface area contributed by atoms with Crippen LogP contribution in [-0.2, 0) is 0 Å². The van der Waals surface area contributed by atoms with Crippen LogP contribution in [0.5, 0.6) is 0 Å². The number of nitrogens with one attached hydrogen (secondary N) is 1. The zero-order valence-corrected chi connectivity index (χ0v) is 18.3. The third-order valence-corrected chi connectivity index (χ3v) is 6.13. The molecule has 1 saturated carbocycles. The highest BCUT2D eigenvalue weighted by Crippen LogP contribution is 2.16. The molecule has 0 aromatic heterocycles. The molecule has 1 unspecified atom stereocenters. The maximum absolute atomic E-state index is 9.49. The quantitative estimate of drug-likeness (QED) is 0.208. The van der Waals surface area contributed by atoms with E-state index >= 15 is 0 Å². The van der Waals surface area contributed by atoms with E-state index in [9.17, 15) is 5.21 Å². The Bertz CT molecular complexity index is 343. The number of rotatable bonds is 12. The van der Waals surface area contributed by atoms with Gasteiger partial charge in [0, 0.05) is 6.04 Å². The highest BCUT2D eigenvalue weighted by Gasteiger charge is 2.16. The first-order chi connectivity index (χ1) is 13.4. The molecule has 3 heteroatoms. The molecule has 0 aromatic rings. The SMILES string of the molecule is CCCCCCCCCCCCNC1CCCCCCCCCCC1=NO. The number of unbranched alkanes of at least 4 members (excludes halogenated alkanes) is 9. The number of nitrogens with zero attached hydrogens (tertiary/aromatic N) is 1. The van der Waals surface area contributed by atoms with Crippen molar-refractivity contribution in [2.45, 2.75) is 141 Å². The summed E-state index contributed by atoms with van der Waals surface area (Å²) in [6, 6.07) is 0.299. The second kappa shape index (κ2) is 18.8. The van der Waals surface area contributed by atoms with Gasteiger partial charge in [0.05, 0.1) is 5.71 Å². The van der Waals surface area contributed by atoms with E-state index in [4.69, 9.17) is 0 Å². The van der Waals surface area contributed by atoms with E-state index in [1.165, 1.54) is 116 Å². The first-order valence-electron chi connectivity index (χ1n) is 12.3. The minimum atomic E-state index is 0.299. The van der Waals surface area contributed by atoms with Gasteiger partial charge in [-0.1, -0.05) is 115 Å². The molecule has 0 heterocycles. The maximum atomic E-state index is 9.49. The predicted molar refractivity (Wildman–Crippen MR) is 119 cm³/mol. The van der Waals surface area contributed by atoms with Crippen LogP contribution < -0.4 is 5.32 Å². The van der Waals surface area contributed by atoms with Crippen LogP contribution in [0.4, 0.5) is 0 Å². The van der Waals surface area contributed by atoms with E-state index in [2.05, 4.69) is 17.4 Å². The van der Waals surface area contributed by atoms with E-state index in [0.717, 1.165) is 25.1 Å². The fourth-order valence-electron chi connectivity index (χ4n) is 4.28. The Morgan fingerprint density at radius 2 is 1.26 bits per heavy atom. The lowest BCUT2D eigenvalue weighted by Gasteiger charge is -2.21. The molecule has 0 radical (unpaired) electrons. The Labute approximate surface area is 169 Å². The molecule has 1 rings (SSSR count).